The van der Waals surface area contributed by atoms with Crippen LogP contribution in [0.2, 0.25) is 0 Å². The van der Waals surface area contributed by atoms with E-state index < -0.39 is 35.8 Å². The maximum atomic E-state index is 12.5. The van der Waals surface area contributed by atoms with Gasteiger partial charge in [0.25, 0.3) is 0 Å². The van der Waals surface area contributed by atoms with Crippen molar-refractivity contribution in [3.63, 3.8) is 0 Å². The smallest absolute Gasteiger partial charge is 0.321 e. The minimum Gasteiger partial charge on any atom is -0.480 e. The Morgan fingerprint density at radius 3 is 2.15 bits per heavy atom. The maximum absolute atomic E-state index is 12.5. The number of carbonyl (C=O) groups is 4. The SMILES string of the molecule is CCC(=O)Oc1ccc(C(C(C)COC(=O)C2CCCCC2)[C@H](N)C(=O)O)cc1OC(=O)CC. The summed E-state index contributed by atoms with van der Waals surface area (Å²) in [5.74, 6) is -3.82. The molecule has 1 fully saturated rings. The van der Waals surface area contributed by atoms with Gasteiger partial charge in [0.2, 0.25) is 0 Å². The highest BCUT2D eigenvalue weighted by Crippen LogP contribution is 2.36. The zero-order valence-electron chi connectivity index (χ0n) is 20.1. The number of carboxylic acid groups (broad SMARTS) is 1. The lowest BCUT2D eigenvalue weighted by molar-refractivity contribution is -0.151. The van der Waals surface area contributed by atoms with Crippen molar-refractivity contribution >= 4 is 23.9 Å². The molecule has 0 bridgehead atoms. The molecule has 0 amide bonds. The average Bonchev–Trinajstić information content (AvgIpc) is 2.84. The van der Waals surface area contributed by atoms with E-state index in [-0.39, 0.29) is 42.8 Å². The van der Waals surface area contributed by atoms with Gasteiger partial charge >= 0.3 is 23.9 Å². The minimum atomic E-state index is -1.30. The van der Waals surface area contributed by atoms with Crippen LogP contribution in [0.4, 0.5) is 0 Å². The minimum absolute atomic E-state index is 0.000129. The third-order valence-electron chi connectivity index (χ3n) is 6.09. The normalized spacial score (nSPS) is 16.7. The fraction of sp³-hybridized carbons (Fsp3) is 0.600. The molecule has 9 heteroatoms. The first-order valence-corrected chi connectivity index (χ1v) is 11.9. The molecule has 0 aromatic heterocycles. The van der Waals surface area contributed by atoms with Gasteiger partial charge in [0.05, 0.1) is 12.5 Å². The predicted molar refractivity (Wildman–Crippen MR) is 123 cm³/mol. The largest absolute Gasteiger partial charge is 0.480 e. The highest BCUT2D eigenvalue weighted by atomic mass is 16.6. The van der Waals surface area contributed by atoms with Crippen molar-refractivity contribution in [3.8, 4) is 11.5 Å². The van der Waals surface area contributed by atoms with Crippen molar-refractivity contribution in [3.05, 3.63) is 23.8 Å². The predicted octanol–water partition coefficient (Wildman–Crippen LogP) is 3.57. The van der Waals surface area contributed by atoms with Crippen molar-refractivity contribution in [2.45, 2.75) is 77.7 Å². The summed E-state index contributed by atoms with van der Waals surface area (Å²) in [6.45, 7) is 5.00. The van der Waals surface area contributed by atoms with Crippen LogP contribution in [0.5, 0.6) is 11.5 Å². The second kappa shape index (κ2) is 13.1. The van der Waals surface area contributed by atoms with Gasteiger partial charge in [0.1, 0.15) is 6.04 Å². The molecule has 0 radical (unpaired) electrons. The number of ether oxygens (including phenoxy) is 3. The van der Waals surface area contributed by atoms with Gasteiger partial charge in [-0.3, -0.25) is 19.2 Å². The second-order valence-electron chi connectivity index (χ2n) is 8.69. The lowest BCUT2D eigenvalue weighted by atomic mass is 9.82. The quantitative estimate of drug-likeness (QED) is 0.361. The van der Waals surface area contributed by atoms with Crippen LogP contribution in [0, 0.1) is 11.8 Å². The van der Waals surface area contributed by atoms with Gasteiger partial charge in [0.15, 0.2) is 11.5 Å². The van der Waals surface area contributed by atoms with Crippen molar-refractivity contribution in [1.29, 1.82) is 0 Å². The Morgan fingerprint density at radius 1 is 1.00 bits per heavy atom. The molecule has 1 aliphatic rings. The summed E-state index contributed by atoms with van der Waals surface area (Å²) in [6, 6.07) is 3.18. The molecule has 9 nitrogen and oxygen atoms in total. The lowest BCUT2D eigenvalue weighted by Gasteiger charge is -2.29. The number of carboxylic acids is 1. The first-order chi connectivity index (χ1) is 16.2. The molecule has 1 aliphatic carbocycles. The van der Waals surface area contributed by atoms with Crippen LogP contribution in [-0.4, -0.2) is 41.6 Å². The average molecular weight is 478 g/mol. The highest BCUT2D eigenvalue weighted by molar-refractivity contribution is 5.77. The molecular formula is C25H35NO8. The monoisotopic (exact) mass is 477 g/mol. The van der Waals surface area contributed by atoms with Gasteiger partial charge < -0.3 is 25.1 Å². The summed E-state index contributed by atoms with van der Waals surface area (Å²) < 4.78 is 16.1. The third kappa shape index (κ3) is 7.55. The van der Waals surface area contributed by atoms with Gasteiger partial charge in [0, 0.05) is 18.8 Å². The summed E-state index contributed by atoms with van der Waals surface area (Å²) in [5.41, 5.74) is 6.49. The van der Waals surface area contributed by atoms with Crippen LogP contribution in [0.3, 0.4) is 0 Å². The molecule has 0 aliphatic heterocycles. The van der Waals surface area contributed by atoms with Gasteiger partial charge in [-0.1, -0.05) is 46.1 Å². The lowest BCUT2D eigenvalue weighted by Crippen LogP contribution is -2.41. The number of hydrogen-bond acceptors (Lipinski definition) is 8. The molecule has 2 rings (SSSR count). The number of aliphatic carboxylic acids is 1. The maximum Gasteiger partial charge on any atom is 0.321 e. The zero-order valence-corrected chi connectivity index (χ0v) is 20.1. The topological polar surface area (TPSA) is 142 Å². The van der Waals surface area contributed by atoms with E-state index in [0.717, 1.165) is 32.1 Å². The molecule has 1 aromatic rings. The van der Waals surface area contributed by atoms with E-state index in [1.807, 2.05) is 0 Å². The number of carbonyl (C=O) groups excluding carboxylic acids is 3. The fourth-order valence-corrected chi connectivity index (χ4v) is 4.10. The number of rotatable bonds is 11. The fourth-order valence-electron chi connectivity index (χ4n) is 4.10. The van der Waals surface area contributed by atoms with E-state index in [9.17, 15) is 24.3 Å². The molecule has 2 unspecified atom stereocenters. The van der Waals surface area contributed by atoms with Crippen LogP contribution in [-0.2, 0) is 23.9 Å². The zero-order chi connectivity index (χ0) is 25.3. The van der Waals surface area contributed by atoms with Gasteiger partial charge in [-0.05, 0) is 36.5 Å². The Balaban J connectivity index is 2.29. The molecular weight excluding hydrogens is 442 g/mol. The van der Waals surface area contributed by atoms with Crippen LogP contribution in [0.1, 0.15) is 77.2 Å². The molecule has 3 atom stereocenters. The Labute approximate surface area is 199 Å². The van der Waals surface area contributed by atoms with Crippen molar-refractivity contribution in [2.24, 2.45) is 17.6 Å². The molecule has 188 valence electrons. The molecule has 0 spiro atoms. The van der Waals surface area contributed by atoms with Crippen LogP contribution in [0.25, 0.3) is 0 Å². The van der Waals surface area contributed by atoms with Gasteiger partial charge in [-0.2, -0.15) is 0 Å². The van der Waals surface area contributed by atoms with Crippen molar-refractivity contribution in [2.75, 3.05) is 6.61 Å². The Morgan fingerprint density at radius 2 is 1.59 bits per heavy atom. The summed E-state index contributed by atoms with van der Waals surface area (Å²) in [5, 5.41) is 9.61. The molecule has 1 saturated carbocycles. The van der Waals surface area contributed by atoms with E-state index in [0.29, 0.717) is 5.56 Å². The number of nitrogens with two attached hydrogens (primary N) is 1. The summed E-state index contributed by atoms with van der Waals surface area (Å²) in [7, 11) is 0. The standard InChI is InChI=1S/C25H35NO8/c1-4-20(27)33-18-12-11-17(13-19(18)34-21(28)5-2)22(23(26)24(29)30)15(3)14-32-25(31)16-9-7-6-8-10-16/h11-13,15-16,22-23H,4-10,14,26H2,1-3H3,(H,29,30)/t15?,22?,23-/m0/s1. The highest BCUT2D eigenvalue weighted by Gasteiger charge is 2.33. The number of benzene rings is 1. The number of hydrogen-bond donors (Lipinski definition) is 2. The number of esters is 3. The molecule has 0 heterocycles. The Bertz CT molecular complexity index is 878. The molecule has 3 N–H and O–H groups in total. The molecule has 0 saturated heterocycles. The summed E-state index contributed by atoms with van der Waals surface area (Å²) in [6.07, 6.45) is 4.93. The Hall–Kier alpha value is -2.94. The van der Waals surface area contributed by atoms with E-state index in [1.165, 1.54) is 12.1 Å². The van der Waals surface area contributed by atoms with Crippen LogP contribution >= 0.6 is 0 Å². The van der Waals surface area contributed by atoms with E-state index in [4.69, 9.17) is 19.9 Å². The van der Waals surface area contributed by atoms with E-state index >= 15 is 0 Å². The third-order valence-corrected chi connectivity index (χ3v) is 6.09. The van der Waals surface area contributed by atoms with E-state index in [2.05, 4.69) is 0 Å². The first kappa shape index (κ1) is 27.3. The molecule has 34 heavy (non-hydrogen) atoms. The van der Waals surface area contributed by atoms with Gasteiger partial charge in [-0.25, -0.2) is 0 Å². The van der Waals surface area contributed by atoms with Crippen LogP contribution in [0.15, 0.2) is 18.2 Å². The summed E-state index contributed by atoms with van der Waals surface area (Å²) in [4.78, 5) is 48.0. The van der Waals surface area contributed by atoms with E-state index in [1.54, 1.807) is 26.8 Å². The van der Waals surface area contributed by atoms with Crippen molar-refractivity contribution in [1.82, 2.24) is 0 Å². The second-order valence-corrected chi connectivity index (χ2v) is 8.69. The van der Waals surface area contributed by atoms with Crippen molar-refractivity contribution < 1.29 is 38.5 Å². The first-order valence-electron chi connectivity index (χ1n) is 11.9. The van der Waals surface area contributed by atoms with Crippen LogP contribution < -0.4 is 15.2 Å². The van der Waals surface area contributed by atoms with Gasteiger partial charge in [-0.15, -0.1) is 0 Å². The Kier molecular flexibility index (Phi) is 10.5. The molecule has 1 aromatic carbocycles. The summed E-state index contributed by atoms with van der Waals surface area (Å²) >= 11 is 0.